The number of aliphatic carboxylic acids is 1. The van der Waals surface area contributed by atoms with Crippen LogP contribution in [0, 0.1) is 6.92 Å². The first-order valence-electron chi connectivity index (χ1n) is 5.57. The molecular weight excluding hydrogens is 270 g/mol. The standard InChI is InChI=1S/C12H15NO5S/c1-9-3-2-4-10(7-9)13-11(14)8-19(17,18)6-5-12(15)16/h2-4,7H,5-6,8H2,1H3,(H,13,14)(H,15,16). The van der Waals surface area contributed by atoms with Crippen molar-refractivity contribution in [3.05, 3.63) is 29.8 Å². The number of hydrogen-bond donors (Lipinski definition) is 2. The largest absolute Gasteiger partial charge is 0.481 e. The summed E-state index contributed by atoms with van der Waals surface area (Å²) >= 11 is 0. The molecule has 0 unspecified atom stereocenters. The first-order chi connectivity index (χ1) is 8.78. The predicted molar refractivity (Wildman–Crippen MR) is 70.7 cm³/mol. The number of sulfone groups is 1. The summed E-state index contributed by atoms with van der Waals surface area (Å²) in [6, 6.07) is 6.94. The van der Waals surface area contributed by atoms with E-state index >= 15 is 0 Å². The Hall–Kier alpha value is -1.89. The van der Waals surface area contributed by atoms with Gasteiger partial charge in [-0.25, -0.2) is 8.42 Å². The number of carbonyl (C=O) groups excluding carboxylic acids is 1. The van der Waals surface area contributed by atoms with Crippen LogP contribution >= 0.6 is 0 Å². The predicted octanol–water partition coefficient (Wildman–Crippen LogP) is 0.823. The Balaban J connectivity index is 2.58. The van der Waals surface area contributed by atoms with Gasteiger partial charge in [-0.15, -0.1) is 0 Å². The smallest absolute Gasteiger partial charge is 0.304 e. The Bertz CT molecular complexity index is 580. The number of hydrogen-bond acceptors (Lipinski definition) is 4. The zero-order valence-corrected chi connectivity index (χ0v) is 11.2. The second-order valence-corrected chi connectivity index (χ2v) is 6.34. The van der Waals surface area contributed by atoms with Crippen molar-refractivity contribution in [3.63, 3.8) is 0 Å². The summed E-state index contributed by atoms with van der Waals surface area (Å²) in [4.78, 5) is 21.8. The summed E-state index contributed by atoms with van der Waals surface area (Å²) in [6.45, 7) is 1.85. The molecule has 6 nitrogen and oxygen atoms in total. The molecule has 0 bridgehead atoms. The van der Waals surface area contributed by atoms with E-state index in [1.54, 1.807) is 18.2 Å². The molecule has 0 aromatic heterocycles. The maximum absolute atomic E-state index is 11.5. The van der Waals surface area contributed by atoms with Crippen LogP contribution in [0.1, 0.15) is 12.0 Å². The van der Waals surface area contributed by atoms with Gasteiger partial charge in [0.2, 0.25) is 5.91 Å². The lowest BCUT2D eigenvalue weighted by molar-refractivity contribution is -0.136. The number of amides is 1. The molecule has 104 valence electrons. The molecule has 1 aromatic carbocycles. The molecule has 1 rings (SSSR count). The highest BCUT2D eigenvalue weighted by Gasteiger charge is 2.18. The van der Waals surface area contributed by atoms with Crippen LogP contribution in [0.4, 0.5) is 5.69 Å². The van der Waals surface area contributed by atoms with Gasteiger partial charge in [0.05, 0.1) is 12.2 Å². The third-order valence-corrected chi connectivity index (χ3v) is 3.81. The van der Waals surface area contributed by atoms with Crippen LogP contribution in [0.15, 0.2) is 24.3 Å². The van der Waals surface area contributed by atoms with E-state index in [1.165, 1.54) is 0 Å². The first-order valence-corrected chi connectivity index (χ1v) is 7.39. The van der Waals surface area contributed by atoms with E-state index in [2.05, 4.69) is 5.32 Å². The van der Waals surface area contributed by atoms with Crippen molar-refractivity contribution in [2.75, 3.05) is 16.8 Å². The molecule has 1 aromatic rings. The van der Waals surface area contributed by atoms with Crippen molar-refractivity contribution >= 4 is 27.4 Å². The van der Waals surface area contributed by atoms with Crippen LogP contribution in [-0.4, -0.2) is 36.9 Å². The van der Waals surface area contributed by atoms with E-state index in [-0.39, 0.29) is 0 Å². The molecule has 2 N–H and O–H groups in total. The quantitative estimate of drug-likeness (QED) is 0.806. The van der Waals surface area contributed by atoms with E-state index < -0.39 is 39.6 Å². The van der Waals surface area contributed by atoms with Crippen molar-refractivity contribution in [3.8, 4) is 0 Å². The van der Waals surface area contributed by atoms with Crippen LogP contribution in [-0.2, 0) is 19.4 Å². The van der Waals surface area contributed by atoms with E-state index in [0.717, 1.165) is 5.56 Å². The minimum Gasteiger partial charge on any atom is -0.481 e. The average Bonchev–Trinajstić information content (AvgIpc) is 2.25. The molecule has 0 atom stereocenters. The van der Waals surface area contributed by atoms with Gasteiger partial charge in [0, 0.05) is 5.69 Å². The summed E-state index contributed by atoms with van der Waals surface area (Å²) < 4.78 is 23.0. The van der Waals surface area contributed by atoms with Gasteiger partial charge in [-0.3, -0.25) is 9.59 Å². The fourth-order valence-corrected chi connectivity index (χ4v) is 2.54. The summed E-state index contributed by atoms with van der Waals surface area (Å²) in [5.41, 5.74) is 1.45. The van der Waals surface area contributed by atoms with E-state index in [1.807, 2.05) is 13.0 Å². The normalized spacial score (nSPS) is 11.0. The SMILES string of the molecule is Cc1cccc(NC(=O)CS(=O)(=O)CCC(=O)O)c1. The number of carbonyl (C=O) groups is 2. The highest BCUT2D eigenvalue weighted by molar-refractivity contribution is 7.92. The van der Waals surface area contributed by atoms with Crippen molar-refractivity contribution in [2.24, 2.45) is 0 Å². The highest BCUT2D eigenvalue weighted by atomic mass is 32.2. The summed E-state index contributed by atoms with van der Waals surface area (Å²) in [5.74, 6) is -3.13. The molecule has 0 saturated heterocycles. The topological polar surface area (TPSA) is 101 Å². The molecule has 0 spiro atoms. The van der Waals surface area contributed by atoms with Gasteiger partial charge < -0.3 is 10.4 Å². The molecule has 0 heterocycles. The molecular formula is C12H15NO5S. The average molecular weight is 285 g/mol. The molecule has 19 heavy (non-hydrogen) atoms. The Morgan fingerprint density at radius 1 is 1.32 bits per heavy atom. The maximum atomic E-state index is 11.5. The number of benzene rings is 1. The lowest BCUT2D eigenvalue weighted by Gasteiger charge is -2.06. The molecule has 0 fully saturated rings. The maximum Gasteiger partial charge on any atom is 0.304 e. The number of carboxylic acids is 1. The number of aryl methyl sites for hydroxylation is 1. The molecule has 0 saturated carbocycles. The van der Waals surface area contributed by atoms with Crippen molar-refractivity contribution < 1.29 is 23.1 Å². The van der Waals surface area contributed by atoms with Gasteiger partial charge in [0.1, 0.15) is 5.75 Å². The minimum atomic E-state index is -3.70. The lowest BCUT2D eigenvalue weighted by Crippen LogP contribution is -2.25. The Morgan fingerprint density at radius 2 is 2.00 bits per heavy atom. The minimum absolute atomic E-state index is 0.500. The van der Waals surface area contributed by atoms with E-state index in [4.69, 9.17) is 5.11 Å². The third-order valence-electron chi connectivity index (χ3n) is 2.28. The van der Waals surface area contributed by atoms with Gasteiger partial charge in [0.15, 0.2) is 9.84 Å². The van der Waals surface area contributed by atoms with Gasteiger partial charge in [0.25, 0.3) is 0 Å². The monoisotopic (exact) mass is 285 g/mol. The molecule has 7 heteroatoms. The molecule has 0 aliphatic heterocycles. The lowest BCUT2D eigenvalue weighted by atomic mass is 10.2. The molecule has 1 amide bonds. The van der Waals surface area contributed by atoms with Crippen molar-refractivity contribution in [1.82, 2.24) is 0 Å². The van der Waals surface area contributed by atoms with Crippen LogP contribution in [0.25, 0.3) is 0 Å². The van der Waals surface area contributed by atoms with Gasteiger partial charge in [-0.2, -0.15) is 0 Å². The molecule has 0 radical (unpaired) electrons. The van der Waals surface area contributed by atoms with E-state index in [0.29, 0.717) is 5.69 Å². The number of rotatable bonds is 6. The first kappa shape index (κ1) is 15.2. The summed E-state index contributed by atoms with van der Waals surface area (Å²) in [6.07, 6.45) is -0.500. The second kappa shape index (κ2) is 6.33. The Kier molecular flexibility index (Phi) is 5.05. The molecule has 0 aliphatic carbocycles. The van der Waals surface area contributed by atoms with Gasteiger partial charge in [-0.05, 0) is 24.6 Å². The zero-order chi connectivity index (χ0) is 14.5. The van der Waals surface area contributed by atoms with Crippen molar-refractivity contribution in [1.29, 1.82) is 0 Å². The Morgan fingerprint density at radius 3 is 2.58 bits per heavy atom. The van der Waals surface area contributed by atoms with Crippen LogP contribution in [0.2, 0.25) is 0 Å². The fourth-order valence-electron chi connectivity index (χ4n) is 1.43. The fraction of sp³-hybridized carbons (Fsp3) is 0.333. The number of nitrogens with one attached hydrogen (secondary N) is 1. The second-order valence-electron chi connectivity index (χ2n) is 4.15. The zero-order valence-electron chi connectivity index (χ0n) is 10.4. The van der Waals surface area contributed by atoms with E-state index in [9.17, 15) is 18.0 Å². The highest BCUT2D eigenvalue weighted by Crippen LogP contribution is 2.09. The van der Waals surface area contributed by atoms with Crippen molar-refractivity contribution in [2.45, 2.75) is 13.3 Å². The number of carboxylic acid groups (broad SMARTS) is 1. The summed E-state index contributed by atoms with van der Waals surface area (Å²) in [7, 11) is -3.70. The van der Waals surface area contributed by atoms with Crippen LogP contribution in [0.3, 0.4) is 0 Å². The number of anilines is 1. The third kappa shape index (κ3) is 6.01. The van der Waals surface area contributed by atoms with Gasteiger partial charge >= 0.3 is 5.97 Å². The molecule has 0 aliphatic rings. The van der Waals surface area contributed by atoms with Gasteiger partial charge in [-0.1, -0.05) is 12.1 Å². The summed E-state index contributed by atoms with van der Waals surface area (Å²) in [5, 5.41) is 10.9. The Labute approximate surface area is 111 Å². The van der Waals surface area contributed by atoms with Crippen LogP contribution < -0.4 is 5.32 Å². The van der Waals surface area contributed by atoms with Crippen LogP contribution in [0.5, 0.6) is 0 Å².